The Hall–Kier alpha value is -2.17. The third kappa shape index (κ3) is 3.78. The smallest absolute Gasteiger partial charge is 0.247 e. The van der Waals surface area contributed by atoms with Crippen LogP contribution < -0.4 is 10.2 Å². The molecule has 122 valence electrons. The van der Waals surface area contributed by atoms with Crippen LogP contribution in [-0.4, -0.2) is 27.8 Å². The predicted octanol–water partition coefficient (Wildman–Crippen LogP) is 3.81. The van der Waals surface area contributed by atoms with Gasteiger partial charge in [-0.1, -0.05) is 37.3 Å². The molecule has 1 aromatic heterocycles. The first-order chi connectivity index (χ1) is 11.3. The highest BCUT2D eigenvalue weighted by atomic mass is 15.3. The van der Waals surface area contributed by atoms with Crippen molar-refractivity contribution in [3.63, 3.8) is 0 Å². The van der Waals surface area contributed by atoms with Gasteiger partial charge in [-0.2, -0.15) is 10.1 Å². The summed E-state index contributed by atoms with van der Waals surface area (Å²) in [6, 6.07) is 11.1. The fraction of sp³-hybridized carbons (Fsp3) is 0.500. The van der Waals surface area contributed by atoms with Crippen molar-refractivity contribution in [2.75, 3.05) is 16.8 Å². The quantitative estimate of drug-likeness (QED) is 0.910. The Balaban J connectivity index is 1.74. The SMILES string of the molecule is CCC1CCCCN1c1nncc(NC(C)c2ccccc2)n1. The van der Waals surface area contributed by atoms with E-state index in [1.54, 1.807) is 6.20 Å². The molecule has 1 aliphatic heterocycles. The van der Waals surface area contributed by atoms with E-state index in [0.717, 1.165) is 24.7 Å². The van der Waals surface area contributed by atoms with E-state index < -0.39 is 0 Å². The number of rotatable bonds is 5. The van der Waals surface area contributed by atoms with E-state index in [9.17, 15) is 0 Å². The lowest BCUT2D eigenvalue weighted by Gasteiger charge is -2.35. The summed E-state index contributed by atoms with van der Waals surface area (Å²) in [5.41, 5.74) is 1.23. The zero-order chi connectivity index (χ0) is 16.1. The van der Waals surface area contributed by atoms with Crippen LogP contribution in [0.2, 0.25) is 0 Å². The maximum atomic E-state index is 4.70. The zero-order valence-electron chi connectivity index (χ0n) is 13.9. The van der Waals surface area contributed by atoms with Gasteiger partial charge in [0.1, 0.15) is 0 Å². The maximum absolute atomic E-state index is 4.70. The van der Waals surface area contributed by atoms with Gasteiger partial charge in [-0.15, -0.1) is 5.10 Å². The van der Waals surface area contributed by atoms with Crippen molar-refractivity contribution in [3.8, 4) is 0 Å². The molecule has 0 spiro atoms. The molecule has 0 saturated carbocycles. The molecule has 0 radical (unpaired) electrons. The van der Waals surface area contributed by atoms with Crippen LogP contribution in [-0.2, 0) is 0 Å². The number of nitrogens with one attached hydrogen (secondary N) is 1. The molecule has 2 unspecified atom stereocenters. The van der Waals surface area contributed by atoms with Gasteiger partial charge in [-0.25, -0.2) is 0 Å². The van der Waals surface area contributed by atoms with Crippen molar-refractivity contribution in [2.24, 2.45) is 0 Å². The molecule has 1 aliphatic rings. The molecule has 2 heterocycles. The molecule has 23 heavy (non-hydrogen) atoms. The Morgan fingerprint density at radius 1 is 1.26 bits per heavy atom. The molecule has 2 atom stereocenters. The van der Waals surface area contributed by atoms with Gasteiger partial charge in [-0.05, 0) is 38.2 Å². The Morgan fingerprint density at radius 2 is 2.09 bits per heavy atom. The van der Waals surface area contributed by atoms with Crippen LogP contribution in [0.15, 0.2) is 36.5 Å². The number of hydrogen-bond donors (Lipinski definition) is 1. The molecule has 5 heteroatoms. The summed E-state index contributed by atoms with van der Waals surface area (Å²) in [5.74, 6) is 1.54. The summed E-state index contributed by atoms with van der Waals surface area (Å²) in [6.07, 6.45) is 6.55. The topological polar surface area (TPSA) is 53.9 Å². The highest BCUT2D eigenvalue weighted by molar-refractivity contribution is 5.42. The molecule has 0 amide bonds. The predicted molar refractivity (Wildman–Crippen MR) is 93.6 cm³/mol. The lowest BCUT2D eigenvalue weighted by molar-refractivity contribution is 0.441. The summed E-state index contributed by atoms with van der Waals surface area (Å²) in [5, 5.41) is 11.9. The normalized spacial score (nSPS) is 19.4. The van der Waals surface area contributed by atoms with E-state index in [1.807, 2.05) is 6.07 Å². The van der Waals surface area contributed by atoms with E-state index in [-0.39, 0.29) is 6.04 Å². The summed E-state index contributed by atoms with van der Waals surface area (Å²) in [4.78, 5) is 7.02. The largest absolute Gasteiger partial charge is 0.362 e. The summed E-state index contributed by atoms with van der Waals surface area (Å²) < 4.78 is 0. The Bertz CT molecular complexity index is 616. The number of benzene rings is 1. The van der Waals surface area contributed by atoms with Gasteiger partial charge in [-0.3, -0.25) is 0 Å². The summed E-state index contributed by atoms with van der Waals surface area (Å²) in [7, 11) is 0. The van der Waals surface area contributed by atoms with E-state index in [1.165, 1.54) is 24.8 Å². The molecule has 1 aromatic carbocycles. The minimum Gasteiger partial charge on any atom is -0.362 e. The average molecular weight is 311 g/mol. The second kappa shape index (κ2) is 7.40. The van der Waals surface area contributed by atoms with Crippen molar-refractivity contribution < 1.29 is 0 Å². The van der Waals surface area contributed by atoms with Gasteiger partial charge in [0.15, 0.2) is 5.82 Å². The second-order valence-electron chi connectivity index (χ2n) is 6.17. The Morgan fingerprint density at radius 3 is 2.87 bits per heavy atom. The number of aromatic nitrogens is 3. The van der Waals surface area contributed by atoms with Crippen LogP contribution in [0.3, 0.4) is 0 Å². The van der Waals surface area contributed by atoms with Crippen molar-refractivity contribution in [3.05, 3.63) is 42.1 Å². The lowest BCUT2D eigenvalue weighted by Crippen LogP contribution is -2.40. The van der Waals surface area contributed by atoms with E-state index in [0.29, 0.717) is 6.04 Å². The minimum atomic E-state index is 0.184. The number of hydrogen-bond acceptors (Lipinski definition) is 5. The highest BCUT2D eigenvalue weighted by Crippen LogP contribution is 2.24. The number of piperidine rings is 1. The molecule has 1 N–H and O–H groups in total. The molecular weight excluding hydrogens is 286 g/mol. The molecule has 1 fully saturated rings. The van der Waals surface area contributed by atoms with E-state index in [4.69, 9.17) is 4.98 Å². The van der Waals surface area contributed by atoms with Gasteiger partial charge < -0.3 is 10.2 Å². The van der Waals surface area contributed by atoms with Crippen molar-refractivity contribution in [1.29, 1.82) is 0 Å². The molecule has 2 aromatic rings. The van der Waals surface area contributed by atoms with Crippen molar-refractivity contribution in [1.82, 2.24) is 15.2 Å². The average Bonchev–Trinajstić information content (AvgIpc) is 2.62. The Labute approximate surface area is 138 Å². The third-order valence-corrected chi connectivity index (χ3v) is 4.57. The third-order valence-electron chi connectivity index (χ3n) is 4.57. The fourth-order valence-electron chi connectivity index (χ4n) is 3.22. The van der Waals surface area contributed by atoms with Gasteiger partial charge in [0.05, 0.1) is 6.20 Å². The van der Waals surface area contributed by atoms with Crippen LogP contribution in [0, 0.1) is 0 Å². The van der Waals surface area contributed by atoms with Gasteiger partial charge in [0.25, 0.3) is 0 Å². The first-order valence-corrected chi connectivity index (χ1v) is 8.55. The first-order valence-electron chi connectivity index (χ1n) is 8.55. The summed E-state index contributed by atoms with van der Waals surface area (Å²) >= 11 is 0. The lowest BCUT2D eigenvalue weighted by atomic mass is 10.0. The number of anilines is 2. The molecule has 1 saturated heterocycles. The molecule has 5 nitrogen and oxygen atoms in total. The van der Waals surface area contributed by atoms with E-state index in [2.05, 4.69) is 58.5 Å². The molecular formula is C18H25N5. The minimum absolute atomic E-state index is 0.184. The van der Waals surface area contributed by atoms with E-state index >= 15 is 0 Å². The van der Waals surface area contributed by atoms with Crippen LogP contribution >= 0.6 is 0 Å². The van der Waals surface area contributed by atoms with Gasteiger partial charge >= 0.3 is 0 Å². The number of nitrogens with zero attached hydrogens (tertiary/aromatic N) is 4. The Kier molecular flexibility index (Phi) is 5.05. The van der Waals surface area contributed by atoms with Crippen molar-refractivity contribution in [2.45, 2.75) is 51.6 Å². The van der Waals surface area contributed by atoms with Crippen LogP contribution in [0.5, 0.6) is 0 Å². The monoisotopic (exact) mass is 311 g/mol. The second-order valence-corrected chi connectivity index (χ2v) is 6.17. The van der Waals surface area contributed by atoms with Crippen LogP contribution in [0.1, 0.15) is 51.1 Å². The zero-order valence-corrected chi connectivity index (χ0v) is 13.9. The fourth-order valence-corrected chi connectivity index (χ4v) is 3.22. The first kappa shape index (κ1) is 15.7. The molecule has 3 rings (SSSR count). The van der Waals surface area contributed by atoms with Gasteiger partial charge in [0, 0.05) is 18.6 Å². The van der Waals surface area contributed by atoms with Crippen molar-refractivity contribution >= 4 is 11.8 Å². The maximum Gasteiger partial charge on any atom is 0.247 e. The van der Waals surface area contributed by atoms with Crippen LogP contribution in [0.25, 0.3) is 0 Å². The standard InChI is InChI=1S/C18H25N5/c1-3-16-11-7-8-12-23(16)18-21-17(13-19-22-18)20-14(2)15-9-5-4-6-10-15/h4-6,9-10,13-14,16H,3,7-8,11-12H2,1-2H3,(H,20,21,22). The summed E-state index contributed by atoms with van der Waals surface area (Å²) in [6.45, 7) is 5.39. The highest BCUT2D eigenvalue weighted by Gasteiger charge is 2.23. The molecule has 0 bridgehead atoms. The molecule has 0 aliphatic carbocycles. The van der Waals surface area contributed by atoms with Crippen LogP contribution in [0.4, 0.5) is 11.8 Å². The van der Waals surface area contributed by atoms with Gasteiger partial charge in [0.2, 0.25) is 5.95 Å².